The number of nitrogens with one attached hydrogen (secondary N) is 2. The van der Waals surface area contributed by atoms with E-state index in [0.29, 0.717) is 30.4 Å². The van der Waals surface area contributed by atoms with Gasteiger partial charge in [-0.2, -0.15) is 4.98 Å². The van der Waals surface area contributed by atoms with Gasteiger partial charge >= 0.3 is 0 Å². The van der Waals surface area contributed by atoms with Gasteiger partial charge in [0, 0.05) is 42.6 Å². The van der Waals surface area contributed by atoms with Crippen molar-refractivity contribution in [3.05, 3.63) is 76.5 Å². The standard InChI is InChI=1S/C28H33N7O2/c1-17-5-4-6-19(13-17)27(37)35-12-11-18-9-10-21(14-20(18)16-35)32-26-22(25(30)36)15-31-28(34-26)33-24-8-3-2-7-23(24)29/h4-6,9-10,13-15,23-24H,2-3,7-8,11-12,16,29H2,1H3,(H2,30,36)(H2,31,32,33,34)/t23-,24+/m0/s1. The number of hydrogen-bond acceptors (Lipinski definition) is 7. The van der Waals surface area contributed by atoms with Gasteiger partial charge in [-0.1, -0.05) is 36.6 Å². The number of aromatic nitrogens is 2. The Balaban J connectivity index is 1.36. The summed E-state index contributed by atoms with van der Waals surface area (Å²) < 4.78 is 0. The maximum Gasteiger partial charge on any atom is 0.254 e. The number of carbonyl (C=O) groups is 2. The molecular formula is C28H33N7O2. The van der Waals surface area contributed by atoms with Crippen LogP contribution in [0.1, 0.15) is 63.1 Å². The van der Waals surface area contributed by atoms with E-state index >= 15 is 0 Å². The highest BCUT2D eigenvalue weighted by Crippen LogP contribution is 2.27. The first-order chi connectivity index (χ1) is 17.9. The fraction of sp³-hybridized carbons (Fsp3) is 0.357. The van der Waals surface area contributed by atoms with Gasteiger partial charge in [-0.25, -0.2) is 4.98 Å². The van der Waals surface area contributed by atoms with Crippen LogP contribution in [-0.2, 0) is 13.0 Å². The van der Waals surface area contributed by atoms with Crippen LogP contribution in [0, 0.1) is 6.92 Å². The van der Waals surface area contributed by atoms with Gasteiger partial charge in [-0.15, -0.1) is 0 Å². The summed E-state index contributed by atoms with van der Waals surface area (Å²) in [5, 5.41) is 6.58. The van der Waals surface area contributed by atoms with Crippen molar-refractivity contribution in [2.75, 3.05) is 17.2 Å². The Morgan fingerprint density at radius 3 is 2.70 bits per heavy atom. The van der Waals surface area contributed by atoms with Gasteiger partial charge in [0.1, 0.15) is 11.4 Å². The van der Waals surface area contributed by atoms with Crippen molar-refractivity contribution in [2.24, 2.45) is 11.5 Å². The predicted octanol–water partition coefficient (Wildman–Crippen LogP) is 3.51. The molecule has 1 saturated carbocycles. The van der Waals surface area contributed by atoms with Crippen molar-refractivity contribution in [1.29, 1.82) is 0 Å². The first-order valence-electron chi connectivity index (χ1n) is 12.8. The van der Waals surface area contributed by atoms with Gasteiger partial charge in [0.25, 0.3) is 11.8 Å². The lowest BCUT2D eigenvalue weighted by Gasteiger charge is -2.30. The fourth-order valence-corrected chi connectivity index (χ4v) is 5.14. The number of anilines is 3. The molecule has 2 aromatic carbocycles. The lowest BCUT2D eigenvalue weighted by atomic mass is 9.91. The highest BCUT2D eigenvalue weighted by Gasteiger charge is 2.24. The summed E-state index contributed by atoms with van der Waals surface area (Å²) in [5.74, 6) is 0.146. The third kappa shape index (κ3) is 5.56. The second-order valence-corrected chi connectivity index (χ2v) is 9.97. The maximum atomic E-state index is 13.1. The molecule has 3 aromatic rings. The van der Waals surface area contributed by atoms with Crippen LogP contribution < -0.4 is 22.1 Å². The Morgan fingerprint density at radius 1 is 1.08 bits per heavy atom. The van der Waals surface area contributed by atoms with Crippen molar-refractivity contribution in [1.82, 2.24) is 14.9 Å². The minimum atomic E-state index is -0.615. The van der Waals surface area contributed by atoms with E-state index in [1.54, 1.807) is 0 Å². The summed E-state index contributed by atoms with van der Waals surface area (Å²) in [4.78, 5) is 35.9. The normalized spacial score (nSPS) is 19.1. The van der Waals surface area contributed by atoms with Gasteiger partial charge in [0.05, 0.1) is 0 Å². The summed E-state index contributed by atoms with van der Waals surface area (Å²) in [6, 6.07) is 13.8. The van der Waals surface area contributed by atoms with Gasteiger partial charge in [-0.3, -0.25) is 9.59 Å². The molecule has 9 heteroatoms. The molecule has 2 amide bonds. The molecule has 1 aliphatic carbocycles. The van der Waals surface area contributed by atoms with Crippen molar-refractivity contribution in [2.45, 2.75) is 57.7 Å². The SMILES string of the molecule is Cc1cccc(C(=O)N2CCc3ccc(Nc4nc(N[C@@H]5CCCC[C@@H]5N)ncc4C(N)=O)cc3C2)c1. The summed E-state index contributed by atoms with van der Waals surface area (Å²) in [5.41, 5.74) is 16.8. The zero-order chi connectivity index (χ0) is 25.9. The second-order valence-electron chi connectivity index (χ2n) is 9.97. The predicted molar refractivity (Wildman–Crippen MR) is 144 cm³/mol. The van der Waals surface area contributed by atoms with Crippen molar-refractivity contribution >= 4 is 29.3 Å². The van der Waals surface area contributed by atoms with Crippen molar-refractivity contribution in [3.8, 4) is 0 Å². The van der Waals surface area contributed by atoms with Gasteiger partial charge in [0.15, 0.2) is 0 Å². The molecule has 2 aliphatic rings. The quantitative estimate of drug-likeness (QED) is 0.407. The molecule has 1 aliphatic heterocycles. The van der Waals surface area contributed by atoms with Crippen LogP contribution in [0.3, 0.4) is 0 Å². The van der Waals surface area contributed by atoms with Gasteiger partial charge < -0.3 is 27.0 Å². The summed E-state index contributed by atoms with van der Waals surface area (Å²) in [6.07, 6.45) is 6.36. The number of carbonyl (C=O) groups excluding carboxylic acids is 2. The molecule has 6 N–H and O–H groups in total. The number of nitrogens with two attached hydrogens (primary N) is 2. The molecule has 2 atom stereocenters. The molecule has 1 fully saturated rings. The highest BCUT2D eigenvalue weighted by atomic mass is 16.2. The van der Waals surface area contributed by atoms with Crippen molar-refractivity contribution < 1.29 is 9.59 Å². The van der Waals surface area contributed by atoms with Crippen LogP contribution in [0.2, 0.25) is 0 Å². The zero-order valence-corrected chi connectivity index (χ0v) is 21.0. The van der Waals surface area contributed by atoms with E-state index in [4.69, 9.17) is 11.5 Å². The van der Waals surface area contributed by atoms with E-state index in [-0.39, 0.29) is 23.6 Å². The molecule has 0 unspecified atom stereocenters. The number of aryl methyl sites for hydroxylation is 1. The lowest BCUT2D eigenvalue weighted by molar-refractivity contribution is 0.0734. The smallest absolute Gasteiger partial charge is 0.254 e. The number of nitrogens with zero attached hydrogens (tertiary/aromatic N) is 3. The first kappa shape index (κ1) is 24.7. The summed E-state index contributed by atoms with van der Waals surface area (Å²) >= 11 is 0. The second kappa shape index (κ2) is 10.6. The minimum absolute atomic E-state index is 0.0242. The van der Waals surface area contributed by atoms with Gasteiger partial charge in [0.2, 0.25) is 5.95 Å². The number of fused-ring (bicyclic) bond motifs is 1. The number of primary amides is 1. The van der Waals surface area contributed by atoms with Crippen LogP contribution in [0.4, 0.5) is 17.5 Å². The highest BCUT2D eigenvalue weighted by molar-refractivity contribution is 5.98. The summed E-state index contributed by atoms with van der Waals surface area (Å²) in [7, 11) is 0. The van der Waals surface area contributed by atoms with E-state index in [9.17, 15) is 9.59 Å². The number of amides is 2. The monoisotopic (exact) mass is 499 g/mol. The molecule has 2 heterocycles. The largest absolute Gasteiger partial charge is 0.365 e. The Hall–Kier alpha value is -3.98. The molecule has 37 heavy (non-hydrogen) atoms. The molecule has 1 aromatic heterocycles. The van der Waals surface area contributed by atoms with E-state index in [2.05, 4.69) is 26.7 Å². The maximum absolute atomic E-state index is 13.1. The minimum Gasteiger partial charge on any atom is -0.365 e. The number of hydrogen-bond donors (Lipinski definition) is 4. The van der Waals surface area contributed by atoms with E-state index in [0.717, 1.165) is 48.9 Å². The Bertz CT molecular complexity index is 1330. The van der Waals surface area contributed by atoms with E-state index < -0.39 is 5.91 Å². The topological polar surface area (TPSA) is 139 Å². The van der Waals surface area contributed by atoms with Crippen molar-refractivity contribution in [3.63, 3.8) is 0 Å². The average molecular weight is 500 g/mol. The molecule has 0 spiro atoms. The van der Waals surface area contributed by atoms with Gasteiger partial charge in [-0.05, 0) is 61.6 Å². The molecule has 0 bridgehead atoms. The molecule has 5 rings (SSSR count). The molecule has 0 saturated heterocycles. The molecule has 0 radical (unpaired) electrons. The van der Waals surface area contributed by atoms with Crippen LogP contribution in [-0.4, -0.2) is 45.3 Å². The molecule has 9 nitrogen and oxygen atoms in total. The molecular weight excluding hydrogens is 466 g/mol. The van der Waals surface area contributed by atoms with Crippen LogP contribution in [0.15, 0.2) is 48.7 Å². The summed E-state index contributed by atoms with van der Waals surface area (Å²) in [6.45, 7) is 3.16. The number of rotatable bonds is 6. The Labute approximate surface area is 216 Å². The molecule has 192 valence electrons. The Morgan fingerprint density at radius 2 is 1.92 bits per heavy atom. The average Bonchev–Trinajstić information content (AvgIpc) is 2.89. The zero-order valence-electron chi connectivity index (χ0n) is 21.0. The fourth-order valence-electron chi connectivity index (χ4n) is 5.14. The van der Waals surface area contributed by atoms with Crippen LogP contribution in [0.5, 0.6) is 0 Å². The third-order valence-electron chi connectivity index (χ3n) is 7.22. The van der Waals surface area contributed by atoms with Crippen LogP contribution >= 0.6 is 0 Å². The third-order valence-corrected chi connectivity index (χ3v) is 7.22. The lowest BCUT2D eigenvalue weighted by Crippen LogP contribution is -2.43. The Kier molecular flexibility index (Phi) is 7.05. The van der Waals surface area contributed by atoms with E-state index in [1.807, 2.05) is 48.2 Å². The van der Waals surface area contributed by atoms with Crippen LogP contribution in [0.25, 0.3) is 0 Å². The van der Waals surface area contributed by atoms with E-state index in [1.165, 1.54) is 11.8 Å². The number of benzene rings is 2. The first-order valence-corrected chi connectivity index (χ1v) is 12.8.